The van der Waals surface area contributed by atoms with Gasteiger partial charge in [-0.25, -0.2) is 0 Å². The van der Waals surface area contributed by atoms with Crippen LogP contribution in [0.25, 0.3) is 0 Å². The van der Waals surface area contributed by atoms with Crippen molar-refractivity contribution in [1.82, 2.24) is 15.5 Å². The first-order valence-corrected chi connectivity index (χ1v) is 13.7. The van der Waals surface area contributed by atoms with Crippen LogP contribution >= 0.6 is 0 Å². The zero-order valence-corrected chi connectivity index (χ0v) is 20.1. The standard InChI is InChI=1S/C23H44N4O2S/c1-3-24-22(26-20-9-8-10-21(17-20)30(28)4-2)25-18-23(11-6-5-7-12-23)19-27-13-15-29-16-14-27/h20-21H,3-19H2,1-2H3,(H2,24,25,26). The molecule has 2 saturated carbocycles. The zero-order valence-electron chi connectivity index (χ0n) is 19.3. The SMILES string of the molecule is CCNC(=NCC1(CN2CCOCC2)CCCCC1)NC1CCCC(S(=O)CC)C1. The van der Waals surface area contributed by atoms with Crippen molar-refractivity contribution in [2.24, 2.45) is 10.4 Å². The van der Waals surface area contributed by atoms with Gasteiger partial charge < -0.3 is 15.4 Å². The minimum atomic E-state index is -0.687. The molecule has 1 saturated heterocycles. The number of guanidine groups is 1. The van der Waals surface area contributed by atoms with E-state index in [0.29, 0.717) is 16.7 Å². The van der Waals surface area contributed by atoms with Crippen LogP contribution in [0, 0.1) is 5.41 Å². The third-order valence-electron chi connectivity index (χ3n) is 7.12. The highest BCUT2D eigenvalue weighted by atomic mass is 32.2. The normalized spacial score (nSPS) is 29.3. The van der Waals surface area contributed by atoms with Gasteiger partial charge in [0.25, 0.3) is 0 Å². The molecule has 30 heavy (non-hydrogen) atoms. The van der Waals surface area contributed by atoms with Crippen LogP contribution in [-0.2, 0) is 15.5 Å². The molecule has 2 N–H and O–H groups in total. The van der Waals surface area contributed by atoms with E-state index in [1.165, 1.54) is 32.1 Å². The van der Waals surface area contributed by atoms with Crippen molar-refractivity contribution in [2.45, 2.75) is 82.9 Å². The molecule has 0 aromatic carbocycles. The average molecular weight is 441 g/mol. The molecule has 6 nitrogen and oxygen atoms in total. The highest BCUT2D eigenvalue weighted by molar-refractivity contribution is 7.85. The molecule has 3 atom stereocenters. The fourth-order valence-electron chi connectivity index (χ4n) is 5.41. The van der Waals surface area contributed by atoms with Gasteiger partial charge in [-0.05, 0) is 39.0 Å². The summed E-state index contributed by atoms with van der Waals surface area (Å²) in [5, 5.41) is 7.52. The first-order chi connectivity index (χ1) is 14.6. The Morgan fingerprint density at radius 3 is 2.60 bits per heavy atom. The van der Waals surface area contributed by atoms with Crippen LogP contribution in [0.5, 0.6) is 0 Å². The lowest BCUT2D eigenvalue weighted by atomic mass is 9.73. The van der Waals surface area contributed by atoms with Crippen LogP contribution < -0.4 is 10.6 Å². The molecule has 3 rings (SSSR count). The Labute approximate surface area is 186 Å². The second kappa shape index (κ2) is 12.4. The quantitative estimate of drug-likeness (QED) is 0.449. The molecule has 1 heterocycles. The number of morpholine rings is 1. The Bertz CT molecular complexity index is 559. The number of nitrogens with one attached hydrogen (secondary N) is 2. The van der Waals surface area contributed by atoms with E-state index in [9.17, 15) is 4.21 Å². The van der Waals surface area contributed by atoms with E-state index in [0.717, 1.165) is 83.3 Å². The largest absolute Gasteiger partial charge is 0.379 e. The first kappa shape index (κ1) is 24.0. The van der Waals surface area contributed by atoms with E-state index in [2.05, 4.69) is 22.5 Å². The Balaban J connectivity index is 1.62. The van der Waals surface area contributed by atoms with E-state index in [4.69, 9.17) is 9.73 Å². The molecule has 0 bridgehead atoms. The maximum atomic E-state index is 12.3. The summed E-state index contributed by atoms with van der Waals surface area (Å²) in [6.45, 7) is 10.9. The Morgan fingerprint density at radius 2 is 1.90 bits per heavy atom. The molecule has 174 valence electrons. The molecular formula is C23H44N4O2S. The van der Waals surface area contributed by atoms with Crippen molar-refractivity contribution in [2.75, 3.05) is 51.7 Å². The van der Waals surface area contributed by atoms with Gasteiger partial charge in [0.15, 0.2) is 5.96 Å². The van der Waals surface area contributed by atoms with Gasteiger partial charge in [0.2, 0.25) is 0 Å². The van der Waals surface area contributed by atoms with Crippen LogP contribution in [0.4, 0.5) is 0 Å². The Kier molecular flexibility index (Phi) is 9.91. The predicted octanol–water partition coefficient (Wildman–Crippen LogP) is 2.90. The van der Waals surface area contributed by atoms with Gasteiger partial charge in [-0.3, -0.25) is 14.1 Å². The topological polar surface area (TPSA) is 66.0 Å². The molecule has 2 aliphatic carbocycles. The number of aliphatic imine (C=N–C) groups is 1. The van der Waals surface area contributed by atoms with Crippen LogP contribution in [0.2, 0.25) is 0 Å². The van der Waals surface area contributed by atoms with Gasteiger partial charge in [-0.15, -0.1) is 0 Å². The van der Waals surface area contributed by atoms with E-state index in [-0.39, 0.29) is 0 Å². The molecule has 0 aromatic heterocycles. The van der Waals surface area contributed by atoms with Crippen LogP contribution in [0.3, 0.4) is 0 Å². The summed E-state index contributed by atoms with van der Waals surface area (Å²) in [4.78, 5) is 7.71. The van der Waals surface area contributed by atoms with Gasteiger partial charge in [-0.1, -0.05) is 32.6 Å². The van der Waals surface area contributed by atoms with Crippen molar-refractivity contribution >= 4 is 16.8 Å². The maximum Gasteiger partial charge on any atom is 0.191 e. The number of ether oxygens (including phenoxy) is 1. The van der Waals surface area contributed by atoms with Gasteiger partial charge in [-0.2, -0.15) is 0 Å². The van der Waals surface area contributed by atoms with Crippen molar-refractivity contribution in [3.63, 3.8) is 0 Å². The molecule has 3 aliphatic rings. The Hall–Kier alpha value is -0.660. The second-order valence-corrected chi connectivity index (χ2v) is 11.4. The maximum absolute atomic E-state index is 12.3. The van der Waals surface area contributed by atoms with Crippen molar-refractivity contribution < 1.29 is 8.95 Å². The lowest BCUT2D eigenvalue weighted by molar-refractivity contribution is 0.00937. The molecule has 3 fully saturated rings. The summed E-state index contributed by atoms with van der Waals surface area (Å²) in [6.07, 6.45) is 11.0. The third-order valence-corrected chi connectivity index (χ3v) is 8.86. The summed E-state index contributed by atoms with van der Waals surface area (Å²) in [5.74, 6) is 1.73. The first-order valence-electron chi connectivity index (χ1n) is 12.4. The summed E-state index contributed by atoms with van der Waals surface area (Å²) in [6, 6.07) is 0.388. The molecule has 7 heteroatoms. The molecule has 0 aromatic rings. The minimum absolute atomic E-state index is 0.302. The Morgan fingerprint density at radius 1 is 1.13 bits per heavy atom. The summed E-state index contributed by atoms with van der Waals surface area (Å²) in [7, 11) is -0.687. The third kappa shape index (κ3) is 7.20. The second-order valence-electron chi connectivity index (χ2n) is 9.44. The van der Waals surface area contributed by atoms with Gasteiger partial charge in [0.05, 0.1) is 13.2 Å². The monoisotopic (exact) mass is 440 g/mol. The smallest absolute Gasteiger partial charge is 0.191 e. The van der Waals surface area contributed by atoms with Gasteiger partial charge >= 0.3 is 0 Å². The van der Waals surface area contributed by atoms with E-state index in [1.54, 1.807) is 0 Å². The molecule has 0 radical (unpaired) electrons. The molecule has 0 amide bonds. The van der Waals surface area contributed by atoms with E-state index >= 15 is 0 Å². The van der Waals surface area contributed by atoms with E-state index in [1.807, 2.05) is 6.92 Å². The molecule has 0 spiro atoms. The number of rotatable bonds is 8. The van der Waals surface area contributed by atoms with Crippen molar-refractivity contribution in [3.8, 4) is 0 Å². The summed E-state index contributed by atoms with van der Waals surface area (Å²) < 4.78 is 17.9. The van der Waals surface area contributed by atoms with Gasteiger partial charge in [0, 0.05) is 66.0 Å². The number of hydrogen-bond acceptors (Lipinski definition) is 4. The van der Waals surface area contributed by atoms with Gasteiger partial charge in [0.1, 0.15) is 0 Å². The highest BCUT2D eigenvalue weighted by Crippen LogP contribution is 2.37. The summed E-state index contributed by atoms with van der Waals surface area (Å²) >= 11 is 0. The average Bonchev–Trinajstić information content (AvgIpc) is 2.79. The van der Waals surface area contributed by atoms with E-state index < -0.39 is 10.8 Å². The molecule has 3 unspecified atom stereocenters. The predicted molar refractivity (Wildman–Crippen MR) is 127 cm³/mol. The lowest BCUT2D eigenvalue weighted by Crippen LogP contribution is -2.48. The fraction of sp³-hybridized carbons (Fsp3) is 0.957. The van der Waals surface area contributed by atoms with Crippen LogP contribution in [0.15, 0.2) is 4.99 Å². The highest BCUT2D eigenvalue weighted by Gasteiger charge is 2.34. The van der Waals surface area contributed by atoms with Crippen molar-refractivity contribution in [3.05, 3.63) is 0 Å². The van der Waals surface area contributed by atoms with Crippen molar-refractivity contribution in [1.29, 1.82) is 0 Å². The molecular weight excluding hydrogens is 396 g/mol. The van der Waals surface area contributed by atoms with Crippen LogP contribution in [-0.4, -0.2) is 78.1 Å². The number of nitrogens with zero attached hydrogens (tertiary/aromatic N) is 2. The fourth-order valence-corrected chi connectivity index (χ4v) is 6.76. The summed E-state index contributed by atoms with van der Waals surface area (Å²) in [5.41, 5.74) is 0.302. The zero-order chi connectivity index (χ0) is 21.2. The van der Waals surface area contributed by atoms with Crippen LogP contribution in [0.1, 0.15) is 71.6 Å². The lowest BCUT2D eigenvalue weighted by Gasteiger charge is -2.41. The number of hydrogen-bond donors (Lipinski definition) is 2. The minimum Gasteiger partial charge on any atom is -0.379 e. The molecule has 1 aliphatic heterocycles.